The van der Waals surface area contributed by atoms with E-state index in [1.54, 1.807) is 23.2 Å². The molecule has 0 bridgehead atoms. The Balaban J connectivity index is 2.25. The molecule has 0 aliphatic carbocycles. The average molecular weight is 286 g/mol. The minimum atomic E-state index is -0.374. The lowest BCUT2D eigenvalue weighted by Gasteiger charge is -2.18. The van der Waals surface area contributed by atoms with E-state index in [1.807, 2.05) is 25.1 Å². The van der Waals surface area contributed by atoms with Gasteiger partial charge in [0.1, 0.15) is 11.8 Å². The number of ketones is 1. The molecule has 0 saturated carbocycles. The van der Waals surface area contributed by atoms with Gasteiger partial charge in [-0.1, -0.05) is 0 Å². The molecule has 6 nitrogen and oxygen atoms in total. The maximum atomic E-state index is 12.0. The Morgan fingerprint density at radius 2 is 2.33 bits per heavy atom. The Labute approximate surface area is 123 Å². The first-order valence-electron chi connectivity index (χ1n) is 6.74. The van der Waals surface area contributed by atoms with E-state index >= 15 is 0 Å². The normalized spacial score (nSPS) is 18.0. The number of rotatable bonds is 4. The van der Waals surface area contributed by atoms with E-state index in [1.165, 1.54) is 6.08 Å². The van der Waals surface area contributed by atoms with Gasteiger partial charge in [-0.25, -0.2) is 4.98 Å². The van der Waals surface area contributed by atoms with E-state index in [0.717, 1.165) is 0 Å². The summed E-state index contributed by atoms with van der Waals surface area (Å²) in [4.78, 5) is 19.8. The average Bonchev–Trinajstić information content (AvgIpc) is 2.90. The number of β-amino-alcohol motifs (C(OH)–C–C–N with tert-alkyl or cyclic N) is 1. The second-order valence-corrected chi connectivity index (χ2v) is 5.21. The van der Waals surface area contributed by atoms with Crippen molar-refractivity contribution in [2.75, 3.05) is 32.1 Å². The number of nitriles is 1. The lowest BCUT2D eigenvalue weighted by molar-refractivity contribution is 0.104. The minimum absolute atomic E-state index is 0.216. The van der Waals surface area contributed by atoms with Crippen molar-refractivity contribution < 1.29 is 9.90 Å². The van der Waals surface area contributed by atoms with Crippen LogP contribution in [-0.2, 0) is 0 Å². The summed E-state index contributed by atoms with van der Waals surface area (Å²) in [6.07, 6.45) is 3.36. The maximum absolute atomic E-state index is 12.0. The molecular formula is C15H18N4O2. The number of allylic oxidation sites excluding steroid dienone is 1. The summed E-state index contributed by atoms with van der Waals surface area (Å²) in [6.45, 7) is 1.18. The minimum Gasteiger partial charge on any atom is -0.391 e. The third-order valence-electron chi connectivity index (χ3n) is 3.26. The number of hydrogen-bond acceptors (Lipinski definition) is 6. The fourth-order valence-electron chi connectivity index (χ4n) is 2.19. The third-order valence-corrected chi connectivity index (χ3v) is 3.26. The molecule has 2 rings (SSSR count). The third kappa shape index (κ3) is 3.58. The van der Waals surface area contributed by atoms with Crippen LogP contribution in [0.3, 0.4) is 0 Å². The van der Waals surface area contributed by atoms with Gasteiger partial charge in [0.25, 0.3) is 0 Å². The van der Waals surface area contributed by atoms with Crippen LogP contribution < -0.4 is 4.90 Å². The molecule has 2 heterocycles. The van der Waals surface area contributed by atoms with E-state index < -0.39 is 0 Å². The van der Waals surface area contributed by atoms with Crippen LogP contribution in [0, 0.1) is 11.3 Å². The molecule has 1 aliphatic heterocycles. The number of aliphatic hydroxyl groups excluding tert-OH is 1. The van der Waals surface area contributed by atoms with Gasteiger partial charge >= 0.3 is 0 Å². The standard InChI is InChI=1S/C15H18N4O2/c1-18(2)7-6-15(21)12-3-4-14(13(9-16)17-12)19-8-5-11(20)10-19/h3-4,6-7,11,20H,5,8,10H2,1-2H3. The van der Waals surface area contributed by atoms with Crippen molar-refractivity contribution in [3.63, 3.8) is 0 Å². The molecule has 1 saturated heterocycles. The van der Waals surface area contributed by atoms with Gasteiger partial charge in [0, 0.05) is 39.5 Å². The number of aromatic nitrogens is 1. The van der Waals surface area contributed by atoms with Crippen molar-refractivity contribution in [2.45, 2.75) is 12.5 Å². The lowest BCUT2D eigenvalue weighted by Crippen LogP contribution is -2.22. The van der Waals surface area contributed by atoms with Gasteiger partial charge in [0.05, 0.1) is 11.8 Å². The number of nitrogens with zero attached hydrogens (tertiary/aromatic N) is 4. The summed E-state index contributed by atoms with van der Waals surface area (Å²) in [5.74, 6) is -0.242. The molecule has 1 fully saturated rings. The van der Waals surface area contributed by atoms with E-state index in [4.69, 9.17) is 0 Å². The Kier molecular flexibility index (Phi) is 4.55. The first kappa shape index (κ1) is 15.0. The van der Waals surface area contributed by atoms with Crippen molar-refractivity contribution in [1.82, 2.24) is 9.88 Å². The van der Waals surface area contributed by atoms with Crippen LogP contribution in [0.1, 0.15) is 22.6 Å². The molecule has 110 valence electrons. The van der Waals surface area contributed by atoms with Crippen LogP contribution in [0.2, 0.25) is 0 Å². The predicted octanol–water partition coefficient (Wildman–Crippen LogP) is 0.782. The summed E-state index contributed by atoms with van der Waals surface area (Å²) in [6, 6.07) is 5.36. The highest BCUT2D eigenvalue weighted by Crippen LogP contribution is 2.23. The van der Waals surface area contributed by atoms with E-state index in [2.05, 4.69) is 4.98 Å². The Hall–Kier alpha value is -2.39. The van der Waals surface area contributed by atoms with Crippen molar-refractivity contribution in [3.8, 4) is 6.07 Å². The van der Waals surface area contributed by atoms with Crippen LogP contribution >= 0.6 is 0 Å². The van der Waals surface area contributed by atoms with Gasteiger partial charge in [0.15, 0.2) is 5.69 Å². The summed E-state index contributed by atoms with van der Waals surface area (Å²) < 4.78 is 0. The van der Waals surface area contributed by atoms with E-state index in [9.17, 15) is 15.2 Å². The Morgan fingerprint density at radius 3 is 2.90 bits per heavy atom. The van der Waals surface area contributed by atoms with Gasteiger partial charge in [-0.2, -0.15) is 5.26 Å². The number of carbonyl (C=O) groups excluding carboxylic acids is 1. The molecule has 0 aromatic carbocycles. The quantitative estimate of drug-likeness (QED) is 0.651. The molecule has 0 spiro atoms. The molecule has 1 aliphatic rings. The zero-order chi connectivity index (χ0) is 15.4. The van der Waals surface area contributed by atoms with Crippen molar-refractivity contribution in [2.24, 2.45) is 0 Å². The maximum Gasteiger partial charge on any atom is 0.205 e. The summed E-state index contributed by atoms with van der Waals surface area (Å²) >= 11 is 0. The van der Waals surface area contributed by atoms with Gasteiger partial charge < -0.3 is 14.9 Å². The van der Waals surface area contributed by atoms with Crippen molar-refractivity contribution in [1.29, 1.82) is 5.26 Å². The molecule has 1 aromatic heterocycles. The summed E-state index contributed by atoms with van der Waals surface area (Å²) in [7, 11) is 3.64. The topological polar surface area (TPSA) is 80.5 Å². The molecule has 1 N–H and O–H groups in total. The van der Waals surface area contributed by atoms with E-state index in [0.29, 0.717) is 25.2 Å². The second-order valence-electron chi connectivity index (χ2n) is 5.21. The van der Waals surface area contributed by atoms with Crippen LogP contribution in [0.25, 0.3) is 0 Å². The van der Waals surface area contributed by atoms with Crippen LogP contribution in [0.5, 0.6) is 0 Å². The number of carbonyl (C=O) groups is 1. The number of aliphatic hydroxyl groups is 1. The number of hydrogen-bond donors (Lipinski definition) is 1. The van der Waals surface area contributed by atoms with Crippen LogP contribution in [-0.4, -0.2) is 54.1 Å². The largest absolute Gasteiger partial charge is 0.391 e. The predicted molar refractivity (Wildman–Crippen MR) is 78.9 cm³/mol. The number of pyridine rings is 1. The fourth-order valence-corrected chi connectivity index (χ4v) is 2.19. The first-order chi connectivity index (χ1) is 10.0. The van der Waals surface area contributed by atoms with Crippen LogP contribution in [0.4, 0.5) is 5.69 Å². The van der Waals surface area contributed by atoms with Gasteiger partial charge in [-0.3, -0.25) is 4.79 Å². The van der Waals surface area contributed by atoms with Gasteiger partial charge in [-0.15, -0.1) is 0 Å². The molecule has 1 aromatic rings. The second kappa shape index (κ2) is 6.37. The van der Waals surface area contributed by atoms with Crippen molar-refractivity contribution in [3.05, 3.63) is 35.8 Å². The zero-order valence-electron chi connectivity index (χ0n) is 12.2. The highest BCUT2D eigenvalue weighted by molar-refractivity contribution is 6.03. The fraction of sp³-hybridized carbons (Fsp3) is 0.400. The van der Waals surface area contributed by atoms with Crippen LogP contribution in [0.15, 0.2) is 24.4 Å². The molecule has 0 amide bonds. The highest BCUT2D eigenvalue weighted by atomic mass is 16.3. The van der Waals surface area contributed by atoms with Gasteiger partial charge in [-0.05, 0) is 18.6 Å². The Morgan fingerprint density at radius 1 is 1.57 bits per heavy atom. The summed E-state index contributed by atoms with van der Waals surface area (Å²) in [5.41, 5.74) is 1.13. The smallest absolute Gasteiger partial charge is 0.205 e. The lowest BCUT2D eigenvalue weighted by atomic mass is 10.2. The van der Waals surface area contributed by atoms with E-state index in [-0.39, 0.29) is 23.3 Å². The molecule has 21 heavy (non-hydrogen) atoms. The molecule has 6 heteroatoms. The monoisotopic (exact) mass is 286 g/mol. The summed E-state index contributed by atoms with van der Waals surface area (Å²) in [5, 5.41) is 18.8. The zero-order valence-corrected chi connectivity index (χ0v) is 12.2. The first-order valence-corrected chi connectivity index (χ1v) is 6.74. The molecule has 1 unspecified atom stereocenters. The number of anilines is 1. The molecular weight excluding hydrogens is 268 g/mol. The highest BCUT2D eigenvalue weighted by Gasteiger charge is 2.23. The Bertz CT molecular complexity index is 604. The SMILES string of the molecule is CN(C)C=CC(=O)c1ccc(N2CCC(O)C2)c(C#N)n1. The van der Waals surface area contributed by atoms with Gasteiger partial charge in [0.2, 0.25) is 5.78 Å². The molecule has 0 radical (unpaired) electrons. The molecule has 1 atom stereocenters. The van der Waals surface area contributed by atoms with Crippen molar-refractivity contribution >= 4 is 11.5 Å².